The van der Waals surface area contributed by atoms with E-state index >= 15 is 0 Å². The lowest BCUT2D eigenvalue weighted by Gasteiger charge is -2.43. The van der Waals surface area contributed by atoms with Gasteiger partial charge in [0.05, 0.1) is 7.11 Å². The van der Waals surface area contributed by atoms with E-state index in [4.69, 9.17) is 4.74 Å². The van der Waals surface area contributed by atoms with E-state index in [1.54, 1.807) is 12.7 Å². The fourth-order valence-corrected chi connectivity index (χ4v) is 4.85. The number of ether oxygens (including phenoxy) is 1. The monoisotopic (exact) mass is 282 g/mol. The number of hydrogen-bond donors (Lipinski definition) is 0. The summed E-state index contributed by atoms with van der Waals surface area (Å²) in [5.74, 6) is 2.46. The molecule has 2 heteroatoms. The minimum atomic E-state index is -0.0771. The molecule has 0 aliphatic heterocycles. The number of carbonyl (C=O) groups is 1. The van der Waals surface area contributed by atoms with Crippen molar-refractivity contribution < 1.29 is 9.53 Å². The van der Waals surface area contributed by atoms with Gasteiger partial charge in [-0.05, 0) is 54.9 Å². The molecule has 3 atom stereocenters. The Balaban J connectivity index is 1.74. The van der Waals surface area contributed by atoms with E-state index < -0.39 is 0 Å². The van der Waals surface area contributed by atoms with Crippen LogP contribution < -0.4 is 4.74 Å². The largest absolute Gasteiger partial charge is 0.497 e. The minimum absolute atomic E-state index is 0.0771. The lowest BCUT2D eigenvalue weighted by Crippen LogP contribution is -2.37. The normalized spacial score (nSPS) is 33.8. The highest BCUT2D eigenvalue weighted by Crippen LogP contribution is 2.57. The molecule has 0 amide bonds. The van der Waals surface area contributed by atoms with Crippen molar-refractivity contribution in [2.45, 2.75) is 44.9 Å². The SMILES string of the molecule is COc1ccc2c(c1)CC=C1[C@H]2CC[C@]2(C)C(=O)CC[C@H]12. The summed E-state index contributed by atoms with van der Waals surface area (Å²) in [5.41, 5.74) is 4.34. The van der Waals surface area contributed by atoms with Crippen molar-refractivity contribution in [2.24, 2.45) is 11.3 Å². The van der Waals surface area contributed by atoms with Crippen LogP contribution >= 0.6 is 0 Å². The van der Waals surface area contributed by atoms with Crippen LogP contribution in [-0.4, -0.2) is 12.9 Å². The number of rotatable bonds is 1. The van der Waals surface area contributed by atoms with Crippen LogP contribution in [0.25, 0.3) is 0 Å². The molecule has 1 aromatic rings. The summed E-state index contributed by atoms with van der Waals surface area (Å²) in [7, 11) is 1.72. The molecular formula is C19H22O2. The summed E-state index contributed by atoms with van der Waals surface area (Å²) in [6, 6.07) is 6.50. The lowest BCUT2D eigenvalue weighted by atomic mass is 9.60. The van der Waals surface area contributed by atoms with Crippen LogP contribution in [0.2, 0.25) is 0 Å². The lowest BCUT2D eigenvalue weighted by molar-refractivity contribution is -0.126. The first-order valence-corrected chi connectivity index (χ1v) is 8.03. The van der Waals surface area contributed by atoms with Crippen LogP contribution in [0, 0.1) is 11.3 Å². The molecule has 0 aromatic heterocycles. The second-order valence-electron chi connectivity index (χ2n) is 7.00. The first-order valence-electron chi connectivity index (χ1n) is 8.03. The third kappa shape index (κ3) is 1.74. The highest BCUT2D eigenvalue weighted by molar-refractivity contribution is 5.88. The van der Waals surface area contributed by atoms with Crippen LogP contribution in [0.15, 0.2) is 29.8 Å². The zero-order valence-electron chi connectivity index (χ0n) is 12.8. The number of carbonyl (C=O) groups excluding carboxylic acids is 1. The van der Waals surface area contributed by atoms with Gasteiger partial charge in [-0.25, -0.2) is 0 Å². The molecule has 21 heavy (non-hydrogen) atoms. The average molecular weight is 282 g/mol. The highest BCUT2D eigenvalue weighted by Gasteiger charge is 2.52. The second-order valence-corrected chi connectivity index (χ2v) is 7.00. The van der Waals surface area contributed by atoms with E-state index in [1.165, 1.54) is 11.1 Å². The molecule has 110 valence electrons. The number of benzene rings is 1. The number of hydrogen-bond acceptors (Lipinski definition) is 2. The van der Waals surface area contributed by atoms with E-state index in [0.717, 1.165) is 37.9 Å². The third-order valence-electron chi connectivity index (χ3n) is 6.11. The molecule has 0 saturated heterocycles. The molecule has 2 nitrogen and oxygen atoms in total. The molecular weight excluding hydrogens is 260 g/mol. The maximum absolute atomic E-state index is 12.3. The van der Waals surface area contributed by atoms with E-state index in [2.05, 4.69) is 31.2 Å². The molecule has 0 radical (unpaired) electrons. The van der Waals surface area contributed by atoms with Crippen molar-refractivity contribution in [3.63, 3.8) is 0 Å². The zero-order chi connectivity index (χ0) is 14.6. The number of ketones is 1. The molecule has 4 rings (SSSR count). The number of methoxy groups -OCH3 is 1. The third-order valence-corrected chi connectivity index (χ3v) is 6.11. The van der Waals surface area contributed by atoms with Crippen LogP contribution in [0.3, 0.4) is 0 Å². The maximum atomic E-state index is 12.3. The summed E-state index contributed by atoms with van der Waals surface area (Å²) < 4.78 is 5.35. The van der Waals surface area contributed by atoms with Gasteiger partial charge in [-0.15, -0.1) is 0 Å². The van der Waals surface area contributed by atoms with Crippen LogP contribution in [0.1, 0.15) is 49.7 Å². The van der Waals surface area contributed by atoms with Gasteiger partial charge in [0.15, 0.2) is 0 Å². The quantitative estimate of drug-likeness (QED) is 0.727. The highest BCUT2D eigenvalue weighted by atomic mass is 16.5. The number of fused-ring (bicyclic) bond motifs is 5. The summed E-state index contributed by atoms with van der Waals surface area (Å²) in [6.07, 6.45) is 7.39. The van der Waals surface area contributed by atoms with Gasteiger partial charge in [0, 0.05) is 17.8 Å². The Morgan fingerprint density at radius 1 is 1.29 bits per heavy atom. The number of Topliss-reactive ketones (excluding diaryl/α,β-unsaturated/α-hetero) is 1. The van der Waals surface area contributed by atoms with Gasteiger partial charge >= 0.3 is 0 Å². The molecule has 0 N–H and O–H groups in total. The van der Waals surface area contributed by atoms with Crippen LogP contribution in [0.5, 0.6) is 5.75 Å². The predicted octanol–water partition coefficient (Wildman–Crippen LogP) is 4.04. The molecule has 0 bridgehead atoms. The second kappa shape index (κ2) is 4.46. The van der Waals surface area contributed by atoms with E-state index in [0.29, 0.717) is 17.6 Å². The summed E-state index contributed by atoms with van der Waals surface area (Å²) in [4.78, 5) is 12.3. The Hall–Kier alpha value is -1.57. The predicted molar refractivity (Wildman–Crippen MR) is 82.6 cm³/mol. The van der Waals surface area contributed by atoms with Gasteiger partial charge in [-0.3, -0.25) is 4.79 Å². The Bertz CT molecular complexity index is 643. The molecule has 3 aliphatic carbocycles. The molecule has 1 aromatic carbocycles. The van der Waals surface area contributed by atoms with Crippen molar-refractivity contribution in [1.82, 2.24) is 0 Å². The topological polar surface area (TPSA) is 26.3 Å². The Kier molecular flexibility index (Phi) is 2.79. The summed E-state index contributed by atoms with van der Waals surface area (Å²) in [6.45, 7) is 2.20. The summed E-state index contributed by atoms with van der Waals surface area (Å²) in [5, 5.41) is 0. The Labute approximate surface area is 126 Å². The molecule has 0 spiro atoms. The standard InChI is InChI=1S/C19H22O2/c1-19-10-9-15-14-6-4-13(21-2)11-12(14)3-5-16(15)17(19)7-8-18(19)20/h4-6,11,15,17H,3,7-10H2,1-2H3/t15-,17+,19-/m0/s1. The fraction of sp³-hybridized carbons (Fsp3) is 0.526. The van der Waals surface area contributed by atoms with Gasteiger partial charge in [0.2, 0.25) is 0 Å². The van der Waals surface area contributed by atoms with Gasteiger partial charge in [0.1, 0.15) is 11.5 Å². The van der Waals surface area contributed by atoms with Crippen molar-refractivity contribution >= 4 is 5.78 Å². The van der Waals surface area contributed by atoms with Crippen LogP contribution in [0.4, 0.5) is 0 Å². The smallest absolute Gasteiger partial charge is 0.139 e. The van der Waals surface area contributed by atoms with Crippen LogP contribution in [-0.2, 0) is 11.2 Å². The Morgan fingerprint density at radius 3 is 2.95 bits per heavy atom. The molecule has 2 fully saturated rings. The van der Waals surface area contributed by atoms with E-state index in [1.807, 2.05) is 0 Å². The maximum Gasteiger partial charge on any atom is 0.139 e. The summed E-state index contributed by atoms with van der Waals surface area (Å²) >= 11 is 0. The van der Waals surface area contributed by atoms with Crippen molar-refractivity contribution in [2.75, 3.05) is 7.11 Å². The van der Waals surface area contributed by atoms with Gasteiger partial charge in [-0.1, -0.05) is 24.6 Å². The minimum Gasteiger partial charge on any atom is -0.497 e. The van der Waals surface area contributed by atoms with Gasteiger partial charge < -0.3 is 4.74 Å². The van der Waals surface area contributed by atoms with Crippen molar-refractivity contribution in [3.05, 3.63) is 41.0 Å². The van der Waals surface area contributed by atoms with E-state index in [9.17, 15) is 4.79 Å². The number of allylic oxidation sites excluding steroid dienone is 2. The fourth-order valence-electron chi connectivity index (χ4n) is 4.85. The molecule has 0 unspecified atom stereocenters. The average Bonchev–Trinajstić information content (AvgIpc) is 2.82. The molecule has 3 aliphatic rings. The van der Waals surface area contributed by atoms with Crippen molar-refractivity contribution in [1.29, 1.82) is 0 Å². The molecule has 2 saturated carbocycles. The first-order chi connectivity index (χ1) is 10.1. The first kappa shape index (κ1) is 13.1. The molecule has 0 heterocycles. The van der Waals surface area contributed by atoms with E-state index in [-0.39, 0.29) is 5.41 Å². The Morgan fingerprint density at radius 2 is 2.14 bits per heavy atom. The van der Waals surface area contributed by atoms with Crippen molar-refractivity contribution in [3.8, 4) is 5.75 Å². The van der Waals surface area contributed by atoms with Gasteiger partial charge in [-0.2, -0.15) is 0 Å². The van der Waals surface area contributed by atoms with Gasteiger partial charge in [0.25, 0.3) is 0 Å². The zero-order valence-corrected chi connectivity index (χ0v) is 12.8.